The lowest BCUT2D eigenvalue weighted by Crippen LogP contribution is -2.44. The lowest BCUT2D eigenvalue weighted by Gasteiger charge is -2.31. The molecule has 1 fully saturated rings. The van der Waals surface area contributed by atoms with Gasteiger partial charge in [-0.25, -0.2) is 12.7 Å². The van der Waals surface area contributed by atoms with Crippen LogP contribution in [0.5, 0.6) is 0 Å². The Labute approximate surface area is 174 Å². The third kappa shape index (κ3) is 5.90. The topological polar surface area (TPSA) is 66.5 Å². The number of nitrogens with zero attached hydrogens (tertiary/aromatic N) is 1. The van der Waals surface area contributed by atoms with Crippen LogP contribution in [0, 0.1) is 5.92 Å². The Hall–Kier alpha value is -2.18. The van der Waals surface area contributed by atoms with Crippen molar-refractivity contribution in [3.05, 3.63) is 65.7 Å². The number of para-hydroxylation sites is 1. The molecule has 6 heteroatoms. The van der Waals surface area contributed by atoms with Crippen molar-refractivity contribution < 1.29 is 13.2 Å². The maximum atomic E-state index is 12.8. The molecule has 0 aliphatic carbocycles. The van der Waals surface area contributed by atoms with Crippen LogP contribution < -0.4 is 5.32 Å². The zero-order valence-electron chi connectivity index (χ0n) is 17.0. The fourth-order valence-electron chi connectivity index (χ4n) is 3.83. The molecule has 1 amide bonds. The molecule has 5 nitrogen and oxygen atoms in total. The van der Waals surface area contributed by atoms with Crippen molar-refractivity contribution in [2.45, 2.75) is 39.0 Å². The minimum Gasteiger partial charge on any atom is -0.326 e. The molecular weight excluding hydrogens is 384 g/mol. The number of hydrogen-bond acceptors (Lipinski definition) is 3. The Balaban J connectivity index is 1.56. The Morgan fingerprint density at radius 2 is 1.83 bits per heavy atom. The highest BCUT2D eigenvalue weighted by Gasteiger charge is 2.32. The lowest BCUT2D eigenvalue weighted by molar-refractivity contribution is -0.120. The van der Waals surface area contributed by atoms with E-state index in [1.54, 1.807) is 0 Å². The van der Waals surface area contributed by atoms with Crippen LogP contribution >= 0.6 is 0 Å². The van der Waals surface area contributed by atoms with Gasteiger partial charge in [0.25, 0.3) is 0 Å². The van der Waals surface area contributed by atoms with E-state index >= 15 is 0 Å². The van der Waals surface area contributed by atoms with E-state index in [1.807, 2.05) is 54.6 Å². The van der Waals surface area contributed by atoms with Crippen LogP contribution in [0.1, 0.15) is 37.3 Å². The van der Waals surface area contributed by atoms with E-state index in [0.717, 1.165) is 36.1 Å². The summed E-state index contributed by atoms with van der Waals surface area (Å²) in [5.74, 6) is -0.276. The summed E-state index contributed by atoms with van der Waals surface area (Å²) in [6.45, 7) is 2.83. The second kappa shape index (κ2) is 10.0. The van der Waals surface area contributed by atoms with E-state index < -0.39 is 10.0 Å². The maximum absolute atomic E-state index is 12.8. The average molecular weight is 415 g/mol. The Morgan fingerprint density at radius 1 is 1.10 bits per heavy atom. The molecule has 156 valence electrons. The number of benzene rings is 2. The minimum absolute atomic E-state index is 0.0879. The van der Waals surface area contributed by atoms with Gasteiger partial charge in [-0.1, -0.05) is 55.5 Å². The molecule has 0 unspecified atom stereocenters. The molecule has 1 saturated heterocycles. The minimum atomic E-state index is -3.35. The van der Waals surface area contributed by atoms with Gasteiger partial charge >= 0.3 is 0 Å². The molecule has 1 N–H and O–H groups in total. The molecule has 1 heterocycles. The van der Waals surface area contributed by atoms with Crippen LogP contribution in [0.3, 0.4) is 0 Å². The van der Waals surface area contributed by atoms with E-state index in [0.29, 0.717) is 19.4 Å². The van der Waals surface area contributed by atoms with Crippen molar-refractivity contribution in [2.24, 2.45) is 5.92 Å². The number of piperidine rings is 1. The normalized spacial score (nSPS) is 17.8. The molecule has 1 atom stereocenters. The van der Waals surface area contributed by atoms with Gasteiger partial charge in [0.05, 0.1) is 11.7 Å². The number of carbonyl (C=O) groups excluding carboxylic acids is 1. The highest BCUT2D eigenvalue weighted by Crippen LogP contribution is 2.23. The Bertz CT molecular complexity index is 913. The van der Waals surface area contributed by atoms with Gasteiger partial charge in [-0.2, -0.15) is 0 Å². The Morgan fingerprint density at radius 3 is 2.59 bits per heavy atom. The van der Waals surface area contributed by atoms with Crippen LogP contribution in [0.2, 0.25) is 0 Å². The van der Waals surface area contributed by atoms with Gasteiger partial charge < -0.3 is 5.32 Å². The monoisotopic (exact) mass is 414 g/mol. The summed E-state index contributed by atoms with van der Waals surface area (Å²) in [5.41, 5.74) is 3.05. The number of amides is 1. The van der Waals surface area contributed by atoms with Crippen molar-refractivity contribution >= 4 is 21.6 Å². The van der Waals surface area contributed by atoms with Crippen molar-refractivity contribution in [1.82, 2.24) is 4.31 Å². The highest BCUT2D eigenvalue weighted by molar-refractivity contribution is 7.89. The Kier molecular flexibility index (Phi) is 7.45. The van der Waals surface area contributed by atoms with Gasteiger partial charge in [0.15, 0.2) is 0 Å². The van der Waals surface area contributed by atoms with E-state index in [9.17, 15) is 13.2 Å². The first kappa shape index (κ1) is 21.5. The third-order valence-corrected chi connectivity index (χ3v) is 7.44. The van der Waals surface area contributed by atoms with E-state index in [4.69, 9.17) is 0 Å². The predicted octanol–water partition coefficient (Wildman–Crippen LogP) is 3.86. The lowest BCUT2D eigenvalue weighted by atomic mass is 9.98. The average Bonchev–Trinajstić information content (AvgIpc) is 2.75. The molecule has 2 aromatic rings. The largest absolute Gasteiger partial charge is 0.326 e. The van der Waals surface area contributed by atoms with Crippen molar-refractivity contribution in [1.29, 1.82) is 0 Å². The first-order valence-electron chi connectivity index (χ1n) is 10.4. The quantitative estimate of drug-likeness (QED) is 0.713. The van der Waals surface area contributed by atoms with E-state index in [1.165, 1.54) is 4.31 Å². The molecule has 2 aromatic carbocycles. The van der Waals surface area contributed by atoms with Crippen LogP contribution in [0.25, 0.3) is 0 Å². The molecule has 1 aliphatic rings. The summed E-state index contributed by atoms with van der Waals surface area (Å²) < 4.78 is 27.1. The molecule has 0 saturated carbocycles. The zero-order chi connectivity index (χ0) is 20.7. The fraction of sp³-hybridized carbons (Fsp3) is 0.435. The van der Waals surface area contributed by atoms with E-state index in [2.05, 4.69) is 12.2 Å². The van der Waals surface area contributed by atoms with Crippen molar-refractivity contribution in [2.75, 3.05) is 24.2 Å². The van der Waals surface area contributed by atoms with E-state index in [-0.39, 0.29) is 24.1 Å². The molecule has 1 aliphatic heterocycles. The maximum Gasteiger partial charge on any atom is 0.228 e. The highest BCUT2D eigenvalue weighted by atomic mass is 32.2. The van der Waals surface area contributed by atoms with Crippen LogP contribution in [-0.2, 0) is 27.7 Å². The standard InChI is InChI=1S/C23H30N2O3S/c1-2-20-13-6-7-15-22(20)24-23(26)21-14-8-16-25(18-21)29(27,28)17-9-12-19-10-4-3-5-11-19/h3-7,10-11,13,15,21H,2,8-9,12,14,16-18H2,1H3,(H,24,26)/t21-/m1/s1. The zero-order valence-corrected chi connectivity index (χ0v) is 17.8. The fourth-order valence-corrected chi connectivity index (χ4v) is 5.41. The SMILES string of the molecule is CCc1ccccc1NC(=O)[C@@H]1CCCN(S(=O)(=O)CCCc2ccccc2)C1. The molecular formula is C23H30N2O3S. The first-order chi connectivity index (χ1) is 14.0. The number of hydrogen-bond donors (Lipinski definition) is 1. The molecule has 3 rings (SSSR count). The number of rotatable bonds is 8. The van der Waals surface area contributed by atoms with Gasteiger partial charge in [-0.05, 0) is 49.3 Å². The second-order valence-corrected chi connectivity index (χ2v) is 9.69. The second-order valence-electron chi connectivity index (χ2n) is 7.60. The molecule has 0 radical (unpaired) electrons. The number of sulfonamides is 1. The van der Waals surface area contributed by atoms with Crippen molar-refractivity contribution in [3.8, 4) is 0 Å². The molecule has 0 aromatic heterocycles. The third-order valence-electron chi connectivity index (χ3n) is 5.52. The molecule has 0 bridgehead atoms. The summed E-state index contributed by atoms with van der Waals surface area (Å²) in [7, 11) is -3.35. The van der Waals surface area contributed by atoms with Gasteiger partial charge in [0.2, 0.25) is 15.9 Å². The summed E-state index contributed by atoms with van der Waals surface area (Å²) >= 11 is 0. The van der Waals surface area contributed by atoms with Crippen LogP contribution in [0.4, 0.5) is 5.69 Å². The van der Waals surface area contributed by atoms with Gasteiger partial charge in [0, 0.05) is 18.8 Å². The van der Waals surface area contributed by atoms with Crippen LogP contribution in [-0.4, -0.2) is 37.5 Å². The van der Waals surface area contributed by atoms with Crippen LogP contribution in [0.15, 0.2) is 54.6 Å². The summed E-state index contributed by atoms with van der Waals surface area (Å²) in [6.07, 6.45) is 3.60. The van der Waals surface area contributed by atoms with Gasteiger partial charge in [-0.3, -0.25) is 4.79 Å². The number of nitrogens with one attached hydrogen (secondary N) is 1. The smallest absolute Gasteiger partial charge is 0.228 e. The summed E-state index contributed by atoms with van der Waals surface area (Å²) in [6, 6.07) is 17.7. The predicted molar refractivity (Wildman–Crippen MR) is 117 cm³/mol. The summed E-state index contributed by atoms with van der Waals surface area (Å²) in [4.78, 5) is 12.8. The van der Waals surface area contributed by atoms with Gasteiger partial charge in [-0.15, -0.1) is 0 Å². The summed E-state index contributed by atoms with van der Waals surface area (Å²) in [5, 5.41) is 3.01. The first-order valence-corrected chi connectivity index (χ1v) is 12.0. The number of anilines is 1. The number of aryl methyl sites for hydroxylation is 2. The van der Waals surface area contributed by atoms with Gasteiger partial charge in [0.1, 0.15) is 0 Å². The molecule has 29 heavy (non-hydrogen) atoms. The molecule has 0 spiro atoms. The van der Waals surface area contributed by atoms with Crippen molar-refractivity contribution in [3.63, 3.8) is 0 Å². The number of carbonyl (C=O) groups is 1.